The summed E-state index contributed by atoms with van der Waals surface area (Å²) in [5, 5.41) is 0.956. The van der Waals surface area contributed by atoms with Gasteiger partial charge in [-0.2, -0.15) is 0 Å². The molecule has 1 aromatic heterocycles. The number of aromatic nitrogens is 1. The number of hydrogen-bond acceptors (Lipinski definition) is 5. The molecule has 1 atom stereocenters. The Hall–Kier alpha value is -1.02. The van der Waals surface area contributed by atoms with Crippen LogP contribution in [0.3, 0.4) is 0 Å². The summed E-state index contributed by atoms with van der Waals surface area (Å²) in [6, 6.07) is 7.94. The Morgan fingerprint density at radius 2 is 2.18 bits per heavy atom. The van der Waals surface area contributed by atoms with Crippen LogP contribution in [-0.2, 0) is 21.2 Å². The summed E-state index contributed by atoms with van der Waals surface area (Å²) in [6.07, 6.45) is 3.37. The third kappa shape index (κ3) is 4.25. The molecular weight excluding hydrogens is 320 g/mol. The van der Waals surface area contributed by atoms with Gasteiger partial charge in [-0.25, -0.2) is 18.1 Å². The fourth-order valence-electron chi connectivity index (χ4n) is 2.58. The largest absolute Gasteiger partial charge is 0.377 e. The second kappa shape index (κ2) is 7.04. The summed E-state index contributed by atoms with van der Waals surface area (Å²) in [7, 11) is -3.28. The molecule has 5 nitrogen and oxygen atoms in total. The zero-order valence-corrected chi connectivity index (χ0v) is 14.0. The van der Waals surface area contributed by atoms with Crippen molar-refractivity contribution in [2.45, 2.75) is 31.8 Å². The lowest BCUT2D eigenvalue weighted by Crippen LogP contribution is -2.35. The van der Waals surface area contributed by atoms with Crippen LogP contribution in [0.15, 0.2) is 24.3 Å². The van der Waals surface area contributed by atoms with E-state index in [-0.39, 0.29) is 11.9 Å². The fraction of sp³-hybridized carbons (Fsp3) is 0.533. The average Bonchev–Trinajstić information content (AvgIpc) is 2.90. The SMILES string of the molecule is O=S(=O)(C[C@@H]1CCCCO1)NCCc1nc2ccccc2s1. The van der Waals surface area contributed by atoms with E-state index in [0.29, 0.717) is 19.6 Å². The quantitative estimate of drug-likeness (QED) is 0.876. The first-order valence-corrected chi connectivity index (χ1v) is 10.0. The van der Waals surface area contributed by atoms with Crippen molar-refractivity contribution >= 4 is 31.6 Å². The number of hydrogen-bond donors (Lipinski definition) is 1. The van der Waals surface area contributed by atoms with Crippen molar-refractivity contribution < 1.29 is 13.2 Å². The molecule has 0 spiro atoms. The average molecular weight is 340 g/mol. The van der Waals surface area contributed by atoms with Gasteiger partial charge in [0.05, 0.1) is 27.1 Å². The smallest absolute Gasteiger partial charge is 0.214 e. The Kier molecular flexibility index (Phi) is 5.07. The van der Waals surface area contributed by atoms with E-state index in [9.17, 15) is 8.42 Å². The number of benzene rings is 1. The molecule has 0 bridgehead atoms. The Morgan fingerprint density at radius 3 is 2.95 bits per heavy atom. The molecule has 3 rings (SSSR count). The van der Waals surface area contributed by atoms with Crippen LogP contribution in [0.4, 0.5) is 0 Å². The van der Waals surface area contributed by atoms with E-state index in [2.05, 4.69) is 9.71 Å². The highest BCUT2D eigenvalue weighted by molar-refractivity contribution is 7.89. The second-order valence-electron chi connectivity index (χ2n) is 5.49. The van der Waals surface area contributed by atoms with Crippen LogP contribution >= 0.6 is 11.3 Å². The van der Waals surface area contributed by atoms with Gasteiger partial charge in [0.2, 0.25) is 10.0 Å². The minimum atomic E-state index is -3.28. The molecule has 120 valence electrons. The van der Waals surface area contributed by atoms with Crippen molar-refractivity contribution in [3.8, 4) is 0 Å². The van der Waals surface area contributed by atoms with Crippen LogP contribution in [0.25, 0.3) is 10.2 Å². The molecule has 1 saturated heterocycles. The summed E-state index contributed by atoms with van der Waals surface area (Å²) in [5.41, 5.74) is 0.973. The van der Waals surface area contributed by atoms with Crippen LogP contribution in [0.1, 0.15) is 24.3 Å². The van der Waals surface area contributed by atoms with E-state index in [1.807, 2.05) is 24.3 Å². The molecule has 0 unspecified atom stereocenters. The molecule has 2 heterocycles. The van der Waals surface area contributed by atoms with Crippen LogP contribution in [0, 0.1) is 0 Å². The molecule has 1 N–H and O–H groups in total. The maximum atomic E-state index is 12.1. The number of rotatable bonds is 6. The minimum Gasteiger partial charge on any atom is -0.377 e. The number of nitrogens with one attached hydrogen (secondary N) is 1. The van der Waals surface area contributed by atoms with Crippen LogP contribution < -0.4 is 4.72 Å². The summed E-state index contributed by atoms with van der Waals surface area (Å²) in [6.45, 7) is 1.06. The van der Waals surface area contributed by atoms with Crippen LogP contribution in [-0.4, -0.2) is 38.4 Å². The van der Waals surface area contributed by atoms with Gasteiger partial charge in [-0.15, -0.1) is 11.3 Å². The Balaban J connectivity index is 1.50. The predicted molar refractivity (Wildman–Crippen MR) is 88.7 cm³/mol. The number of ether oxygens (including phenoxy) is 1. The predicted octanol–water partition coefficient (Wildman–Crippen LogP) is 2.33. The highest BCUT2D eigenvalue weighted by atomic mass is 32.2. The zero-order chi connectivity index (χ0) is 15.4. The normalized spacial score (nSPS) is 19.5. The van der Waals surface area contributed by atoms with Gasteiger partial charge in [0.1, 0.15) is 0 Å². The summed E-state index contributed by atoms with van der Waals surface area (Å²) in [5.74, 6) is 0.0623. The van der Waals surface area contributed by atoms with Crippen LogP contribution in [0.5, 0.6) is 0 Å². The van der Waals surface area contributed by atoms with Crippen LogP contribution in [0.2, 0.25) is 0 Å². The highest BCUT2D eigenvalue weighted by Gasteiger charge is 2.21. The van der Waals surface area contributed by atoms with Gasteiger partial charge in [0.15, 0.2) is 0 Å². The van der Waals surface area contributed by atoms with Crippen molar-refractivity contribution in [2.24, 2.45) is 0 Å². The highest BCUT2D eigenvalue weighted by Crippen LogP contribution is 2.21. The molecule has 0 aliphatic carbocycles. The molecule has 0 saturated carbocycles. The topological polar surface area (TPSA) is 68.3 Å². The first-order valence-electron chi connectivity index (χ1n) is 7.56. The maximum Gasteiger partial charge on any atom is 0.214 e. The van der Waals surface area contributed by atoms with Gasteiger partial charge < -0.3 is 4.74 Å². The maximum absolute atomic E-state index is 12.1. The van der Waals surface area contributed by atoms with Crippen molar-refractivity contribution in [2.75, 3.05) is 18.9 Å². The lowest BCUT2D eigenvalue weighted by molar-refractivity contribution is 0.0304. The van der Waals surface area contributed by atoms with Gasteiger partial charge in [0, 0.05) is 19.6 Å². The van der Waals surface area contributed by atoms with E-state index >= 15 is 0 Å². The molecule has 1 aliphatic rings. The Bertz CT molecular complexity index is 688. The van der Waals surface area contributed by atoms with Crippen molar-refractivity contribution in [3.63, 3.8) is 0 Å². The molecule has 0 amide bonds. The monoisotopic (exact) mass is 340 g/mol. The third-order valence-electron chi connectivity index (χ3n) is 3.68. The van der Waals surface area contributed by atoms with Gasteiger partial charge >= 0.3 is 0 Å². The molecule has 7 heteroatoms. The van der Waals surface area contributed by atoms with E-state index in [1.54, 1.807) is 11.3 Å². The lowest BCUT2D eigenvalue weighted by atomic mass is 10.1. The number of sulfonamides is 1. The number of thiazole rings is 1. The lowest BCUT2D eigenvalue weighted by Gasteiger charge is -2.22. The summed E-state index contributed by atoms with van der Waals surface area (Å²) >= 11 is 1.61. The van der Waals surface area contributed by atoms with Crippen molar-refractivity contribution in [1.29, 1.82) is 0 Å². The molecule has 2 aromatic rings. The molecular formula is C15H20N2O3S2. The molecule has 1 fully saturated rings. The Labute approximate surface area is 134 Å². The summed E-state index contributed by atoms with van der Waals surface area (Å²) < 4.78 is 33.4. The van der Waals surface area contributed by atoms with E-state index in [4.69, 9.17) is 4.74 Å². The zero-order valence-electron chi connectivity index (χ0n) is 12.3. The molecule has 1 aliphatic heterocycles. The summed E-state index contributed by atoms with van der Waals surface area (Å²) in [4.78, 5) is 4.51. The minimum absolute atomic E-state index is 0.0623. The van der Waals surface area contributed by atoms with Gasteiger partial charge in [-0.3, -0.25) is 0 Å². The fourth-order valence-corrected chi connectivity index (χ4v) is 4.83. The van der Waals surface area contributed by atoms with E-state index < -0.39 is 10.0 Å². The standard InChI is InChI=1S/C15H20N2O3S2/c18-22(19,11-12-5-3-4-10-20-12)16-9-8-15-17-13-6-1-2-7-14(13)21-15/h1-2,6-7,12,16H,3-5,8-11H2/t12-/m0/s1. The first-order chi connectivity index (χ1) is 10.6. The van der Waals surface area contributed by atoms with Crippen molar-refractivity contribution in [1.82, 2.24) is 9.71 Å². The third-order valence-corrected chi connectivity index (χ3v) is 6.23. The molecule has 1 aromatic carbocycles. The van der Waals surface area contributed by atoms with Gasteiger partial charge in [-0.05, 0) is 31.4 Å². The van der Waals surface area contributed by atoms with Crippen molar-refractivity contribution in [3.05, 3.63) is 29.3 Å². The number of fused-ring (bicyclic) bond motifs is 1. The second-order valence-corrected chi connectivity index (χ2v) is 8.46. The first kappa shape index (κ1) is 15.9. The van der Waals surface area contributed by atoms with E-state index in [0.717, 1.165) is 34.5 Å². The Morgan fingerprint density at radius 1 is 1.32 bits per heavy atom. The number of nitrogens with zero attached hydrogens (tertiary/aromatic N) is 1. The van der Waals surface area contributed by atoms with E-state index in [1.165, 1.54) is 0 Å². The van der Waals surface area contributed by atoms with Gasteiger partial charge in [0.25, 0.3) is 0 Å². The molecule has 22 heavy (non-hydrogen) atoms. The molecule has 0 radical (unpaired) electrons. The number of para-hydroxylation sites is 1. The van der Waals surface area contributed by atoms with Gasteiger partial charge in [-0.1, -0.05) is 12.1 Å².